The van der Waals surface area contributed by atoms with Crippen LogP contribution >= 0.6 is 0 Å². The first-order chi connectivity index (χ1) is 15.4. The molecule has 0 saturated carbocycles. The molecule has 2 rings (SSSR count). The van der Waals surface area contributed by atoms with Crippen molar-refractivity contribution in [2.24, 2.45) is 16.5 Å². The first kappa shape index (κ1) is 25.6. The highest BCUT2D eigenvalue weighted by Gasteiger charge is 2.49. The van der Waals surface area contributed by atoms with Crippen LogP contribution in [0.1, 0.15) is 41.6 Å². The van der Waals surface area contributed by atoms with Crippen LogP contribution in [0.4, 0.5) is 8.78 Å². The number of hydrogen-bond acceptors (Lipinski definition) is 7. The van der Waals surface area contributed by atoms with Crippen LogP contribution < -0.4 is 22.1 Å². The maximum absolute atomic E-state index is 14.9. The Kier molecular flexibility index (Phi) is 8.40. The number of guanidine groups is 1. The molecule has 0 bridgehead atoms. The summed E-state index contributed by atoms with van der Waals surface area (Å²) in [5, 5.41) is 22.0. The molecule has 0 saturated heterocycles. The third-order valence-corrected chi connectivity index (χ3v) is 5.10. The highest BCUT2D eigenvalue weighted by Crippen LogP contribution is 2.28. The van der Waals surface area contributed by atoms with Crippen molar-refractivity contribution in [3.63, 3.8) is 0 Å². The van der Waals surface area contributed by atoms with Gasteiger partial charge in [-0.05, 0) is 37.0 Å². The molecule has 0 fully saturated rings. The number of nitrogens with one attached hydrogen (secondary N) is 2. The second kappa shape index (κ2) is 10.8. The van der Waals surface area contributed by atoms with E-state index in [1.54, 1.807) is 0 Å². The number of alkyl halides is 2. The molecule has 13 heteroatoms. The van der Waals surface area contributed by atoms with Gasteiger partial charge in [0, 0.05) is 18.4 Å². The van der Waals surface area contributed by atoms with Crippen LogP contribution in [0.2, 0.25) is 0 Å². The molecule has 1 aliphatic heterocycles. The van der Waals surface area contributed by atoms with E-state index in [0.717, 1.165) is 0 Å². The predicted octanol–water partition coefficient (Wildman–Crippen LogP) is -0.167. The Morgan fingerprint density at radius 2 is 1.85 bits per heavy atom. The molecule has 180 valence electrons. The van der Waals surface area contributed by atoms with Gasteiger partial charge in [0.05, 0.1) is 0 Å². The lowest BCUT2D eigenvalue weighted by molar-refractivity contribution is -0.140. The number of hydrogen-bond donors (Lipinski definition) is 6. The number of amides is 2. The first-order valence-corrected chi connectivity index (χ1v) is 10.00. The van der Waals surface area contributed by atoms with Gasteiger partial charge in [0.2, 0.25) is 5.67 Å². The molecule has 2 amide bonds. The third-order valence-electron chi connectivity index (χ3n) is 5.10. The molecule has 0 spiro atoms. The van der Waals surface area contributed by atoms with Gasteiger partial charge in [0.1, 0.15) is 18.4 Å². The molecular formula is C20H25F2N5O6. The molecule has 1 aliphatic rings. The zero-order valence-corrected chi connectivity index (χ0v) is 17.5. The number of aryl methyl sites for hydroxylation is 1. The second-order valence-electron chi connectivity index (χ2n) is 7.61. The highest BCUT2D eigenvalue weighted by atomic mass is 19.2. The maximum atomic E-state index is 14.9. The Hall–Kier alpha value is -3.61. The summed E-state index contributed by atoms with van der Waals surface area (Å²) in [5.74, 6) is -4.74. The van der Waals surface area contributed by atoms with Gasteiger partial charge in [-0.2, -0.15) is 0 Å². The number of aliphatic carboxylic acids is 2. The molecule has 1 heterocycles. The highest BCUT2D eigenvalue weighted by molar-refractivity contribution is 6.02. The minimum Gasteiger partial charge on any atom is -0.481 e. The molecule has 1 aromatic rings. The lowest BCUT2D eigenvalue weighted by Gasteiger charge is -2.32. The number of aliphatic imine (C=N–C) groups is 1. The Morgan fingerprint density at radius 1 is 1.21 bits per heavy atom. The number of benzene rings is 1. The number of nitrogens with two attached hydrogens (primary N) is 2. The Morgan fingerprint density at radius 3 is 2.39 bits per heavy atom. The Balaban J connectivity index is 1.91. The van der Waals surface area contributed by atoms with Gasteiger partial charge in [-0.15, -0.1) is 0 Å². The van der Waals surface area contributed by atoms with Crippen molar-refractivity contribution in [1.82, 2.24) is 10.6 Å². The van der Waals surface area contributed by atoms with Crippen molar-refractivity contribution in [3.8, 4) is 0 Å². The van der Waals surface area contributed by atoms with Gasteiger partial charge >= 0.3 is 11.9 Å². The van der Waals surface area contributed by atoms with Gasteiger partial charge in [-0.3, -0.25) is 19.7 Å². The summed E-state index contributed by atoms with van der Waals surface area (Å²) in [6, 6.07) is 4.46. The van der Waals surface area contributed by atoms with Crippen molar-refractivity contribution >= 4 is 29.7 Å². The van der Waals surface area contributed by atoms with Crippen LogP contribution in [0, 0.1) is 0 Å². The fourth-order valence-corrected chi connectivity index (χ4v) is 3.19. The van der Waals surface area contributed by atoms with Gasteiger partial charge in [0.15, 0.2) is 5.96 Å². The minimum atomic E-state index is -2.73. The fourth-order valence-electron chi connectivity index (χ4n) is 3.19. The van der Waals surface area contributed by atoms with Crippen LogP contribution in [0.15, 0.2) is 29.3 Å². The number of nitrogens with zero attached hydrogens (tertiary/aromatic N) is 1. The topological polar surface area (TPSA) is 197 Å². The maximum Gasteiger partial charge on any atom is 0.326 e. The first-order valence-electron chi connectivity index (χ1n) is 10.00. The summed E-state index contributed by atoms with van der Waals surface area (Å²) in [4.78, 5) is 49.4. The van der Waals surface area contributed by atoms with Crippen LogP contribution in [0.5, 0.6) is 0 Å². The van der Waals surface area contributed by atoms with Crippen molar-refractivity contribution in [3.05, 3.63) is 35.4 Å². The molecule has 1 aromatic carbocycles. The standard InChI is InChI=1S/C20H25F2N5O6/c21-12(9-20(22)17(23)26-19(24)27-18(20)33)6-3-10-1-4-11(5-2-10)15(30)25-13(16(31)32)7-8-14(28)29/h1-2,4-5,12-13,17H,3,6-9,23H2,(H,25,30)(H,28,29)(H,31,32)(H3,24,26,27,33)/t12?,13-,17?,20?/m0/s1. The van der Waals surface area contributed by atoms with Crippen LogP contribution in [0.25, 0.3) is 0 Å². The monoisotopic (exact) mass is 469 g/mol. The lowest BCUT2D eigenvalue weighted by Crippen LogP contribution is -2.62. The molecule has 0 radical (unpaired) electrons. The molecule has 3 unspecified atom stereocenters. The Labute approximate surface area is 187 Å². The van der Waals surface area contributed by atoms with E-state index in [1.165, 1.54) is 24.3 Å². The van der Waals surface area contributed by atoms with Crippen LogP contribution in [-0.2, 0) is 20.8 Å². The van der Waals surface area contributed by atoms with E-state index in [2.05, 4.69) is 10.3 Å². The van der Waals surface area contributed by atoms with Gasteiger partial charge in [0.25, 0.3) is 11.8 Å². The van der Waals surface area contributed by atoms with E-state index < -0.39 is 60.6 Å². The zero-order chi connectivity index (χ0) is 24.8. The number of carboxylic acids is 2. The van der Waals surface area contributed by atoms with E-state index in [0.29, 0.717) is 5.56 Å². The van der Waals surface area contributed by atoms with Crippen molar-refractivity contribution in [2.45, 2.75) is 56.2 Å². The van der Waals surface area contributed by atoms with E-state index in [4.69, 9.17) is 21.7 Å². The van der Waals surface area contributed by atoms with Crippen molar-refractivity contribution < 1.29 is 38.2 Å². The van der Waals surface area contributed by atoms with E-state index >= 15 is 0 Å². The molecule has 11 nitrogen and oxygen atoms in total. The van der Waals surface area contributed by atoms with E-state index in [9.17, 15) is 28.0 Å². The Bertz CT molecular complexity index is 941. The number of carbonyl (C=O) groups excluding carboxylic acids is 2. The number of rotatable bonds is 11. The summed E-state index contributed by atoms with van der Waals surface area (Å²) in [6.07, 6.45) is -4.80. The average Bonchev–Trinajstić information content (AvgIpc) is 2.73. The number of carbonyl (C=O) groups is 4. The SMILES string of the molecule is NC1=NC(N)C(F)(CC(F)CCc2ccc(C(=O)N[C@@H](CCC(=O)O)C(=O)O)cc2)C(=O)N1. The third kappa shape index (κ3) is 6.94. The molecule has 4 atom stereocenters. The summed E-state index contributed by atoms with van der Waals surface area (Å²) >= 11 is 0. The van der Waals surface area contributed by atoms with Crippen LogP contribution in [0.3, 0.4) is 0 Å². The molecule has 0 aromatic heterocycles. The number of carboxylic acid groups (broad SMARTS) is 2. The summed E-state index contributed by atoms with van der Waals surface area (Å²) < 4.78 is 29.3. The second-order valence-corrected chi connectivity index (χ2v) is 7.61. The van der Waals surface area contributed by atoms with Gasteiger partial charge in [-0.25, -0.2) is 18.6 Å². The van der Waals surface area contributed by atoms with E-state index in [1.807, 2.05) is 5.32 Å². The van der Waals surface area contributed by atoms with E-state index in [-0.39, 0.29) is 30.8 Å². The minimum absolute atomic E-state index is 0.125. The molecule has 0 aliphatic carbocycles. The molecule has 33 heavy (non-hydrogen) atoms. The van der Waals surface area contributed by atoms with Crippen LogP contribution in [-0.4, -0.2) is 64.0 Å². The summed E-state index contributed by atoms with van der Waals surface area (Å²) in [5.41, 5.74) is 8.82. The zero-order valence-electron chi connectivity index (χ0n) is 17.5. The largest absolute Gasteiger partial charge is 0.481 e. The summed E-state index contributed by atoms with van der Waals surface area (Å²) in [7, 11) is 0. The average molecular weight is 469 g/mol. The smallest absolute Gasteiger partial charge is 0.326 e. The molecular weight excluding hydrogens is 444 g/mol. The van der Waals surface area contributed by atoms with Crippen molar-refractivity contribution in [2.75, 3.05) is 0 Å². The van der Waals surface area contributed by atoms with Gasteiger partial charge in [-0.1, -0.05) is 12.1 Å². The normalized spacial score (nSPS) is 22.0. The fraction of sp³-hybridized carbons (Fsp3) is 0.450. The predicted molar refractivity (Wildman–Crippen MR) is 112 cm³/mol. The quantitative estimate of drug-likeness (QED) is 0.257. The summed E-state index contributed by atoms with van der Waals surface area (Å²) in [6.45, 7) is 0. The number of halogens is 2. The lowest BCUT2D eigenvalue weighted by atomic mass is 9.91. The van der Waals surface area contributed by atoms with Crippen molar-refractivity contribution in [1.29, 1.82) is 0 Å². The van der Waals surface area contributed by atoms with Gasteiger partial charge < -0.3 is 27.0 Å². The molecule has 8 N–H and O–H groups in total.